The van der Waals surface area contributed by atoms with E-state index >= 15 is 0 Å². The van der Waals surface area contributed by atoms with Crippen LogP contribution in [0.25, 0.3) is 0 Å². The molecule has 0 aromatic heterocycles. The van der Waals surface area contributed by atoms with Gasteiger partial charge in [-0.15, -0.1) is 0 Å². The number of amides is 2. The maximum absolute atomic E-state index is 12.6. The molecule has 106 valence electrons. The fraction of sp³-hybridized carbons (Fsp3) is 0.467. The Morgan fingerprint density at radius 3 is 3.00 bits per heavy atom. The van der Waals surface area contributed by atoms with Crippen molar-refractivity contribution in [3.05, 3.63) is 23.8 Å². The molecular formula is C15H18N2O3. The van der Waals surface area contributed by atoms with Crippen LogP contribution in [0, 0.1) is 5.92 Å². The lowest BCUT2D eigenvalue weighted by Gasteiger charge is -2.31. The SMILES string of the molecule is COc1ccc2c(c1)CCCN2C(=O)C1CNC(=O)C1. The van der Waals surface area contributed by atoms with Crippen molar-refractivity contribution < 1.29 is 14.3 Å². The van der Waals surface area contributed by atoms with Gasteiger partial charge >= 0.3 is 0 Å². The molecule has 0 bridgehead atoms. The fourth-order valence-corrected chi connectivity index (χ4v) is 2.93. The lowest BCUT2D eigenvalue weighted by atomic mass is 9.98. The van der Waals surface area contributed by atoms with E-state index in [0.29, 0.717) is 13.0 Å². The predicted octanol–water partition coefficient (Wildman–Crippen LogP) is 1.11. The molecule has 1 saturated heterocycles. The third-order valence-corrected chi connectivity index (χ3v) is 4.00. The van der Waals surface area contributed by atoms with Gasteiger partial charge in [0.1, 0.15) is 5.75 Å². The van der Waals surface area contributed by atoms with Crippen molar-refractivity contribution in [3.63, 3.8) is 0 Å². The van der Waals surface area contributed by atoms with Crippen molar-refractivity contribution in [1.29, 1.82) is 0 Å². The Hall–Kier alpha value is -2.04. The highest BCUT2D eigenvalue weighted by molar-refractivity contribution is 5.99. The Bertz CT molecular complexity index is 556. The largest absolute Gasteiger partial charge is 0.497 e. The fourth-order valence-electron chi connectivity index (χ4n) is 2.93. The van der Waals surface area contributed by atoms with Crippen molar-refractivity contribution >= 4 is 17.5 Å². The molecule has 20 heavy (non-hydrogen) atoms. The van der Waals surface area contributed by atoms with Crippen LogP contribution in [-0.2, 0) is 16.0 Å². The highest BCUT2D eigenvalue weighted by Gasteiger charge is 2.33. The molecule has 1 aromatic carbocycles. The standard InChI is InChI=1S/C15H18N2O3/c1-20-12-4-5-13-10(7-12)3-2-6-17(13)15(19)11-8-14(18)16-9-11/h4-5,7,11H,2-3,6,8-9H2,1H3,(H,16,18). The molecule has 1 atom stereocenters. The van der Waals surface area contributed by atoms with E-state index < -0.39 is 0 Å². The van der Waals surface area contributed by atoms with Crippen LogP contribution in [0.3, 0.4) is 0 Å². The van der Waals surface area contributed by atoms with Crippen LogP contribution in [0.15, 0.2) is 18.2 Å². The summed E-state index contributed by atoms with van der Waals surface area (Å²) >= 11 is 0. The summed E-state index contributed by atoms with van der Waals surface area (Å²) < 4.78 is 5.23. The first-order valence-electron chi connectivity index (χ1n) is 6.94. The molecule has 2 aliphatic rings. The van der Waals surface area contributed by atoms with Crippen molar-refractivity contribution in [2.45, 2.75) is 19.3 Å². The van der Waals surface area contributed by atoms with Gasteiger partial charge in [0, 0.05) is 25.2 Å². The van der Waals surface area contributed by atoms with E-state index in [2.05, 4.69) is 5.32 Å². The lowest BCUT2D eigenvalue weighted by Crippen LogP contribution is -2.40. The number of anilines is 1. The second-order valence-electron chi connectivity index (χ2n) is 5.29. The lowest BCUT2D eigenvalue weighted by molar-refractivity contribution is -0.124. The first kappa shape index (κ1) is 13.0. The summed E-state index contributed by atoms with van der Waals surface area (Å²) in [5.41, 5.74) is 2.10. The van der Waals surface area contributed by atoms with Crippen LogP contribution in [0.4, 0.5) is 5.69 Å². The molecule has 0 saturated carbocycles. The first-order chi connectivity index (χ1) is 9.69. The highest BCUT2D eigenvalue weighted by Crippen LogP contribution is 2.32. The van der Waals surface area contributed by atoms with Gasteiger partial charge in [0.25, 0.3) is 0 Å². The second kappa shape index (κ2) is 5.15. The Labute approximate surface area is 117 Å². The van der Waals surface area contributed by atoms with Gasteiger partial charge in [0.05, 0.1) is 13.0 Å². The van der Waals surface area contributed by atoms with Crippen molar-refractivity contribution in [3.8, 4) is 5.75 Å². The number of ether oxygens (including phenoxy) is 1. The summed E-state index contributed by atoms with van der Waals surface area (Å²) in [4.78, 5) is 25.7. The van der Waals surface area contributed by atoms with Crippen LogP contribution in [-0.4, -0.2) is 32.0 Å². The zero-order valence-electron chi connectivity index (χ0n) is 11.5. The van der Waals surface area contributed by atoms with Crippen LogP contribution in [0.2, 0.25) is 0 Å². The third-order valence-electron chi connectivity index (χ3n) is 4.00. The zero-order valence-corrected chi connectivity index (χ0v) is 11.5. The number of methoxy groups -OCH3 is 1. The molecule has 2 aliphatic heterocycles. The van der Waals surface area contributed by atoms with Gasteiger partial charge in [-0.2, -0.15) is 0 Å². The zero-order chi connectivity index (χ0) is 14.1. The Balaban J connectivity index is 1.86. The summed E-state index contributed by atoms with van der Waals surface area (Å²) in [6.07, 6.45) is 2.21. The van der Waals surface area contributed by atoms with Crippen LogP contribution < -0.4 is 15.0 Å². The second-order valence-corrected chi connectivity index (χ2v) is 5.29. The number of carbonyl (C=O) groups excluding carboxylic acids is 2. The normalized spacial score (nSPS) is 21.4. The van der Waals surface area contributed by atoms with E-state index in [4.69, 9.17) is 4.74 Å². The third kappa shape index (κ3) is 2.24. The summed E-state index contributed by atoms with van der Waals surface area (Å²) in [6.45, 7) is 1.18. The molecule has 1 unspecified atom stereocenters. The molecule has 0 radical (unpaired) electrons. The van der Waals surface area contributed by atoms with Gasteiger partial charge in [-0.1, -0.05) is 0 Å². The van der Waals surface area contributed by atoms with Gasteiger partial charge in [0.2, 0.25) is 11.8 Å². The molecule has 1 fully saturated rings. The van der Waals surface area contributed by atoms with Crippen molar-refractivity contribution in [2.24, 2.45) is 5.92 Å². The molecule has 3 rings (SSSR count). The minimum atomic E-state index is -0.226. The Morgan fingerprint density at radius 1 is 1.45 bits per heavy atom. The first-order valence-corrected chi connectivity index (χ1v) is 6.94. The number of rotatable bonds is 2. The number of nitrogens with zero attached hydrogens (tertiary/aromatic N) is 1. The molecule has 2 heterocycles. The average Bonchev–Trinajstić information content (AvgIpc) is 2.91. The smallest absolute Gasteiger partial charge is 0.232 e. The number of carbonyl (C=O) groups is 2. The van der Waals surface area contributed by atoms with Crippen LogP contribution in [0.5, 0.6) is 5.75 Å². The summed E-state index contributed by atoms with van der Waals surface area (Å²) in [5.74, 6) is 0.607. The number of fused-ring (bicyclic) bond motifs is 1. The quantitative estimate of drug-likeness (QED) is 0.879. The van der Waals surface area contributed by atoms with Crippen LogP contribution in [0.1, 0.15) is 18.4 Å². The van der Waals surface area contributed by atoms with E-state index in [1.165, 1.54) is 0 Å². The minimum absolute atomic E-state index is 0.0321. The molecule has 5 nitrogen and oxygen atoms in total. The summed E-state index contributed by atoms with van der Waals surface area (Å²) in [5, 5.41) is 2.73. The summed E-state index contributed by atoms with van der Waals surface area (Å²) in [7, 11) is 1.64. The minimum Gasteiger partial charge on any atom is -0.497 e. The van der Waals surface area contributed by atoms with Crippen molar-refractivity contribution in [1.82, 2.24) is 5.32 Å². The monoisotopic (exact) mass is 274 g/mol. The Morgan fingerprint density at radius 2 is 2.30 bits per heavy atom. The maximum atomic E-state index is 12.6. The molecule has 1 N–H and O–H groups in total. The van der Waals surface area contributed by atoms with Crippen LogP contribution >= 0.6 is 0 Å². The van der Waals surface area contributed by atoms with Gasteiger partial charge in [-0.25, -0.2) is 0 Å². The highest BCUT2D eigenvalue weighted by atomic mass is 16.5. The van der Waals surface area contributed by atoms with E-state index in [1.54, 1.807) is 7.11 Å². The number of hydrogen-bond acceptors (Lipinski definition) is 3. The van der Waals surface area contributed by atoms with E-state index in [1.807, 2.05) is 23.1 Å². The molecule has 0 spiro atoms. The topological polar surface area (TPSA) is 58.6 Å². The summed E-state index contributed by atoms with van der Waals surface area (Å²) in [6, 6.07) is 5.81. The van der Waals surface area contributed by atoms with E-state index in [-0.39, 0.29) is 17.7 Å². The number of hydrogen-bond donors (Lipinski definition) is 1. The van der Waals surface area contributed by atoms with Gasteiger partial charge in [0.15, 0.2) is 0 Å². The van der Waals surface area contributed by atoms with E-state index in [9.17, 15) is 9.59 Å². The molecule has 0 aliphatic carbocycles. The molecule has 2 amide bonds. The number of aryl methyl sites for hydroxylation is 1. The van der Waals surface area contributed by atoms with E-state index in [0.717, 1.165) is 36.4 Å². The van der Waals surface area contributed by atoms with Gasteiger partial charge in [-0.05, 0) is 36.6 Å². The average molecular weight is 274 g/mol. The number of benzene rings is 1. The molecule has 1 aromatic rings. The van der Waals surface area contributed by atoms with Gasteiger partial charge in [-0.3, -0.25) is 9.59 Å². The van der Waals surface area contributed by atoms with Gasteiger partial charge < -0.3 is 15.0 Å². The van der Waals surface area contributed by atoms with Crippen molar-refractivity contribution in [2.75, 3.05) is 25.1 Å². The maximum Gasteiger partial charge on any atom is 0.232 e. The Kier molecular flexibility index (Phi) is 3.34. The molecular weight excluding hydrogens is 256 g/mol. The number of nitrogens with one attached hydrogen (secondary N) is 1. The predicted molar refractivity (Wildman–Crippen MR) is 74.8 cm³/mol. The molecule has 5 heteroatoms.